The number of nitrogen functional groups attached to an aromatic ring is 1. The molecule has 0 aliphatic heterocycles. The first kappa shape index (κ1) is 13.4. The van der Waals surface area contributed by atoms with Crippen LogP contribution >= 0.6 is 0 Å². The maximum absolute atomic E-state index is 10.8. The lowest BCUT2D eigenvalue weighted by Gasteiger charge is -2.11. The highest BCUT2D eigenvalue weighted by atomic mass is 16.6. The lowest BCUT2D eigenvalue weighted by molar-refractivity contribution is -0.384. The lowest BCUT2D eigenvalue weighted by atomic mass is 10.1. The zero-order chi connectivity index (χ0) is 12.8. The third-order valence-corrected chi connectivity index (χ3v) is 2.18. The van der Waals surface area contributed by atoms with Crippen LogP contribution in [0.4, 0.5) is 11.4 Å². The third-order valence-electron chi connectivity index (χ3n) is 2.18. The van der Waals surface area contributed by atoms with Crippen LogP contribution in [0.1, 0.15) is 19.4 Å². The van der Waals surface area contributed by atoms with Gasteiger partial charge in [-0.2, -0.15) is 0 Å². The molecule has 0 aliphatic rings. The number of nitro groups is 1. The Hall–Kier alpha value is -1.66. The van der Waals surface area contributed by atoms with Gasteiger partial charge in [-0.1, -0.05) is 26.0 Å². The highest BCUT2D eigenvalue weighted by molar-refractivity contribution is 5.65. The number of anilines is 1. The lowest BCUT2D eigenvalue weighted by Crippen LogP contribution is -2.12. The molecule has 6 heteroatoms. The van der Waals surface area contributed by atoms with Crippen LogP contribution in [0.25, 0.3) is 0 Å². The second kappa shape index (κ2) is 6.17. The summed E-state index contributed by atoms with van der Waals surface area (Å²) in [6.07, 6.45) is 0. The molecule has 0 aliphatic carbocycles. The highest BCUT2D eigenvalue weighted by Crippen LogP contribution is 2.27. The van der Waals surface area contributed by atoms with E-state index in [0.29, 0.717) is 30.4 Å². The molecule has 0 radical (unpaired) electrons. The predicted octanol–water partition coefficient (Wildman–Crippen LogP) is 2.05. The highest BCUT2D eigenvalue weighted by Gasteiger charge is 2.16. The molecule has 6 nitrogen and oxygen atoms in total. The van der Waals surface area contributed by atoms with E-state index < -0.39 is 4.92 Å². The molecule has 1 rings (SSSR count). The van der Waals surface area contributed by atoms with Crippen molar-refractivity contribution in [2.24, 2.45) is 11.8 Å². The van der Waals surface area contributed by atoms with E-state index in [-0.39, 0.29) is 5.69 Å². The van der Waals surface area contributed by atoms with Crippen molar-refractivity contribution in [3.63, 3.8) is 0 Å². The van der Waals surface area contributed by atoms with Gasteiger partial charge in [-0.25, -0.2) is 0 Å². The Kier molecular flexibility index (Phi) is 4.86. The summed E-state index contributed by atoms with van der Waals surface area (Å²) < 4.78 is 5.44. The van der Waals surface area contributed by atoms with Gasteiger partial charge in [-0.15, -0.1) is 0 Å². The SMILES string of the molecule is CC(C)COCc1cccc([N+](=O)[O-])c1NN. The van der Waals surface area contributed by atoms with E-state index in [1.54, 1.807) is 12.1 Å². The number of hydrogen-bond donors (Lipinski definition) is 2. The topological polar surface area (TPSA) is 90.4 Å². The van der Waals surface area contributed by atoms with Crippen molar-refractivity contribution in [3.05, 3.63) is 33.9 Å². The molecule has 1 aromatic rings. The van der Waals surface area contributed by atoms with Gasteiger partial charge in [0.15, 0.2) is 0 Å². The van der Waals surface area contributed by atoms with Crippen molar-refractivity contribution in [3.8, 4) is 0 Å². The maximum Gasteiger partial charge on any atom is 0.294 e. The van der Waals surface area contributed by atoms with Gasteiger partial charge in [0.1, 0.15) is 5.69 Å². The monoisotopic (exact) mass is 239 g/mol. The molecule has 0 saturated heterocycles. The quantitative estimate of drug-likeness (QED) is 0.450. The van der Waals surface area contributed by atoms with Gasteiger partial charge in [-0.05, 0) is 5.92 Å². The number of rotatable bonds is 6. The minimum absolute atomic E-state index is 0.0434. The largest absolute Gasteiger partial charge is 0.376 e. The standard InChI is InChI=1S/C11H17N3O3/c1-8(2)6-17-7-9-4-3-5-10(14(15)16)11(9)13-12/h3-5,8,13H,6-7,12H2,1-2H3. The number of nitrogens with zero attached hydrogens (tertiary/aromatic N) is 1. The molecule has 1 aromatic carbocycles. The van der Waals surface area contributed by atoms with E-state index in [9.17, 15) is 10.1 Å². The smallest absolute Gasteiger partial charge is 0.294 e. The van der Waals surface area contributed by atoms with Crippen LogP contribution in [-0.4, -0.2) is 11.5 Å². The van der Waals surface area contributed by atoms with Crippen molar-refractivity contribution >= 4 is 11.4 Å². The zero-order valence-electron chi connectivity index (χ0n) is 9.97. The molecule has 94 valence electrons. The van der Waals surface area contributed by atoms with E-state index in [0.717, 1.165) is 0 Å². The Morgan fingerprint density at radius 3 is 2.76 bits per heavy atom. The van der Waals surface area contributed by atoms with Gasteiger partial charge < -0.3 is 10.2 Å². The molecule has 0 saturated carbocycles. The Morgan fingerprint density at radius 2 is 2.24 bits per heavy atom. The number of nitrogens with two attached hydrogens (primary N) is 1. The van der Waals surface area contributed by atoms with E-state index in [2.05, 4.69) is 5.43 Å². The van der Waals surface area contributed by atoms with E-state index >= 15 is 0 Å². The fraction of sp³-hybridized carbons (Fsp3) is 0.455. The minimum atomic E-state index is -0.471. The minimum Gasteiger partial charge on any atom is -0.376 e. The molecule has 3 N–H and O–H groups in total. The molecular formula is C11H17N3O3. The Balaban J connectivity index is 2.84. The Morgan fingerprint density at radius 1 is 1.53 bits per heavy atom. The van der Waals surface area contributed by atoms with Gasteiger partial charge in [0, 0.05) is 18.2 Å². The number of hydrazine groups is 1. The number of nitro benzene ring substituents is 1. The second-order valence-corrected chi connectivity index (χ2v) is 4.12. The van der Waals surface area contributed by atoms with Crippen LogP contribution in [0.3, 0.4) is 0 Å². The van der Waals surface area contributed by atoms with Crippen molar-refractivity contribution in [2.45, 2.75) is 20.5 Å². The van der Waals surface area contributed by atoms with Crippen molar-refractivity contribution < 1.29 is 9.66 Å². The molecule has 0 heterocycles. The summed E-state index contributed by atoms with van der Waals surface area (Å²) in [5.41, 5.74) is 3.31. The summed E-state index contributed by atoms with van der Waals surface area (Å²) in [7, 11) is 0. The average Bonchev–Trinajstić information content (AvgIpc) is 2.28. The van der Waals surface area contributed by atoms with Crippen LogP contribution in [-0.2, 0) is 11.3 Å². The van der Waals surface area contributed by atoms with Crippen LogP contribution in [0.2, 0.25) is 0 Å². The van der Waals surface area contributed by atoms with Crippen LogP contribution < -0.4 is 11.3 Å². The first-order valence-electron chi connectivity index (χ1n) is 5.37. The van der Waals surface area contributed by atoms with Crippen LogP contribution in [0.5, 0.6) is 0 Å². The Labute approximate surface area is 99.9 Å². The molecule has 17 heavy (non-hydrogen) atoms. The molecule has 0 fully saturated rings. The van der Waals surface area contributed by atoms with Crippen molar-refractivity contribution in [1.29, 1.82) is 0 Å². The first-order valence-corrected chi connectivity index (χ1v) is 5.37. The van der Waals surface area contributed by atoms with Gasteiger partial charge in [0.25, 0.3) is 5.69 Å². The Bertz CT molecular complexity index is 394. The van der Waals surface area contributed by atoms with Gasteiger partial charge in [0.05, 0.1) is 11.5 Å². The zero-order valence-corrected chi connectivity index (χ0v) is 9.97. The third kappa shape index (κ3) is 3.69. The van der Waals surface area contributed by atoms with Crippen LogP contribution in [0.15, 0.2) is 18.2 Å². The molecule has 0 spiro atoms. The maximum atomic E-state index is 10.8. The number of ether oxygens (including phenoxy) is 1. The van der Waals surface area contributed by atoms with Crippen molar-refractivity contribution in [1.82, 2.24) is 0 Å². The fourth-order valence-corrected chi connectivity index (χ4v) is 1.43. The van der Waals surface area contributed by atoms with Gasteiger partial charge in [0.2, 0.25) is 0 Å². The number of nitrogens with one attached hydrogen (secondary N) is 1. The van der Waals surface area contributed by atoms with Gasteiger partial charge >= 0.3 is 0 Å². The summed E-state index contributed by atoms with van der Waals surface area (Å²) in [5, 5.41) is 10.8. The average molecular weight is 239 g/mol. The fourth-order valence-electron chi connectivity index (χ4n) is 1.43. The molecular weight excluding hydrogens is 222 g/mol. The summed E-state index contributed by atoms with van der Waals surface area (Å²) >= 11 is 0. The van der Waals surface area contributed by atoms with E-state index in [1.165, 1.54) is 6.07 Å². The molecule has 0 amide bonds. The summed E-state index contributed by atoms with van der Waals surface area (Å²) in [4.78, 5) is 10.3. The van der Waals surface area contributed by atoms with Crippen LogP contribution in [0, 0.1) is 16.0 Å². The van der Waals surface area contributed by atoms with Crippen molar-refractivity contribution in [2.75, 3.05) is 12.0 Å². The summed E-state index contributed by atoms with van der Waals surface area (Å²) in [5.74, 6) is 5.73. The second-order valence-electron chi connectivity index (χ2n) is 4.12. The number of benzene rings is 1. The molecule has 0 unspecified atom stereocenters. The van der Waals surface area contributed by atoms with Gasteiger partial charge in [-0.3, -0.25) is 16.0 Å². The van der Waals surface area contributed by atoms with E-state index in [4.69, 9.17) is 10.6 Å². The predicted molar refractivity (Wildman–Crippen MR) is 65.4 cm³/mol. The molecule has 0 aromatic heterocycles. The summed E-state index contributed by atoms with van der Waals surface area (Å²) in [6, 6.07) is 4.77. The first-order chi connectivity index (χ1) is 8.06. The molecule has 0 atom stereocenters. The van der Waals surface area contributed by atoms with E-state index in [1.807, 2.05) is 13.8 Å². The number of hydrogen-bond acceptors (Lipinski definition) is 5. The number of para-hydroxylation sites is 1. The summed E-state index contributed by atoms with van der Waals surface area (Å²) in [6.45, 7) is 4.98. The molecule has 0 bridgehead atoms. The normalized spacial score (nSPS) is 10.6.